The molecule has 1 atom stereocenters. The quantitative estimate of drug-likeness (QED) is 0.905. The van der Waals surface area contributed by atoms with Crippen LogP contribution in [0.1, 0.15) is 30.4 Å². The summed E-state index contributed by atoms with van der Waals surface area (Å²) < 4.78 is 42.4. The van der Waals surface area contributed by atoms with Crippen LogP contribution in [0.5, 0.6) is 5.75 Å². The Morgan fingerprint density at radius 3 is 2.50 bits per heavy atom. The molecule has 0 radical (unpaired) electrons. The molecule has 0 saturated carbocycles. The van der Waals surface area contributed by atoms with Crippen molar-refractivity contribution in [1.29, 1.82) is 0 Å². The molecule has 0 aliphatic carbocycles. The zero-order valence-corrected chi connectivity index (χ0v) is 9.91. The molecular formula is C12H13F3O3. The summed E-state index contributed by atoms with van der Waals surface area (Å²) in [4.78, 5) is 10.6. The fraction of sp³-hybridized carbons (Fsp3) is 0.417. The summed E-state index contributed by atoms with van der Waals surface area (Å²) >= 11 is 0. The van der Waals surface area contributed by atoms with Crippen LogP contribution in [0.15, 0.2) is 18.2 Å². The molecule has 1 aromatic rings. The molecule has 18 heavy (non-hydrogen) atoms. The van der Waals surface area contributed by atoms with Crippen molar-refractivity contribution in [2.75, 3.05) is 7.11 Å². The van der Waals surface area contributed by atoms with Crippen molar-refractivity contribution in [3.8, 4) is 5.75 Å². The highest BCUT2D eigenvalue weighted by Gasteiger charge is 2.31. The summed E-state index contributed by atoms with van der Waals surface area (Å²) in [5.41, 5.74) is -0.362. The van der Waals surface area contributed by atoms with Gasteiger partial charge in [-0.3, -0.25) is 4.79 Å². The number of ether oxygens (including phenoxy) is 1. The molecule has 0 saturated heterocycles. The highest BCUT2D eigenvalue weighted by atomic mass is 19.4. The van der Waals surface area contributed by atoms with Crippen LogP contribution in [0, 0.1) is 0 Å². The van der Waals surface area contributed by atoms with Crippen LogP contribution >= 0.6 is 0 Å². The SMILES string of the molecule is COc1cc(C(F)(F)F)ccc1C(C)CC(=O)O. The number of hydrogen-bond acceptors (Lipinski definition) is 2. The Morgan fingerprint density at radius 2 is 2.06 bits per heavy atom. The van der Waals surface area contributed by atoms with Gasteiger partial charge in [0.2, 0.25) is 0 Å². The number of rotatable bonds is 4. The molecule has 0 aliphatic rings. The second kappa shape index (κ2) is 5.29. The highest BCUT2D eigenvalue weighted by Crippen LogP contribution is 2.36. The average Bonchev–Trinajstić information content (AvgIpc) is 2.26. The van der Waals surface area contributed by atoms with Gasteiger partial charge in [-0.05, 0) is 23.6 Å². The molecule has 0 amide bonds. The first-order valence-electron chi connectivity index (χ1n) is 5.22. The third-order valence-electron chi connectivity index (χ3n) is 2.57. The minimum atomic E-state index is -4.44. The number of methoxy groups -OCH3 is 1. The van der Waals surface area contributed by atoms with Crippen LogP contribution in [0.3, 0.4) is 0 Å². The third kappa shape index (κ3) is 3.38. The molecule has 0 heterocycles. The van der Waals surface area contributed by atoms with E-state index in [1.807, 2.05) is 0 Å². The molecule has 0 aromatic heterocycles. The van der Waals surface area contributed by atoms with Gasteiger partial charge in [0.15, 0.2) is 0 Å². The molecule has 1 aromatic carbocycles. The monoisotopic (exact) mass is 262 g/mol. The lowest BCUT2D eigenvalue weighted by molar-refractivity contribution is -0.138. The molecule has 1 rings (SSSR count). The number of aliphatic carboxylic acids is 1. The van der Waals surface area contributed by atoms with Gasteiger partial charge in [0.05, 0.1) is 19.1 Å². The van der Waals surface area contributed by atoms with Gasteiger partial charge in [-0.15, -0.1) is 0 Å². The maximum absolute atomic E-state index is 12.5. The van der Waals surface area contributed by atoms with Crippen molar-refractivity contribution < 1.29 is 27.8 Å². The predicted octanol–water partition coefficient (Wildman–Crippen LogP) is 3.29. The molecule has 0 spiro atoms. The Kier molecular flexibility index (Phi) is 4.21. The lowest BCUT2D eigenvalue weighted by atomic mass is 9.95. The number of carboxylic acids is 1. The van der Waals surface area contributed by atoms with E-state index in [-0.39, 0.29) is 12.2 Å². The first kappa shape index (κ1) is 14.3. The smallest absolute Gasteiger partial charge is 0.416 e. The Balaban J connectivity index is 3.11. The maximum Gasteiger partial charge on any atom is 0.416 e. The number of carbonyl (C=O) groups is 1. The van der Waals surface area contributed by atoms with Gasteiger partial charge in [-0.1, -0.05) is 13.0 Å². The standard InChI is InChI=1S/C12H13F3O3/c1-7(5-11(16)17)9-4-3-8(12(13,14)15)6-10(9)18-2/h3-4,6-7H,5H2,1-2H3,(H,16,17). The Hall–Kier alpha value is -1.72. The fourth-order valence-electron chi connectivity index (χ4n) is 1.67. The van der Waals surface area contributed by atoms with Crippen LogP contribution in [0.4, 0.5) is 13.2 Å². The van der Waals surface area contributed by atoms with Gasteiger partial charge in [0, 0.05) is 0 Å². The van der Waals surface area contributed by atoms with Crippen LogP contribution < -0.4 is 4.74 Å². The van der Waals surface area contributed by atoms with Crippen molar-refractivity contribution in [2.45, 2.75) is 25.4 Å². The first-order chi connectivity index (χ1) is 8.25. The van der Waals surface area contributed by atoms with Crippen molar-refractivity contribution in [3.05, 3.63) is 29.3 Å². The van der Waals surface area contributed by atoms with Gasteiger partial charge < -0.3 is 9.84 Å². The van der Waals surface area contributed by atoms with E-state index in [0.717, 1.165) is 12.1 Å². The predicted molar refractivity (Wildman–Crippen MR) is 58.7 cm³/mol. The fourth-order valence-corrected chi connectivity index (χ4v) is 1.67. The number of hydrogen-bond donors (Lipinski definition) is 1. The molecule has 100 valence electrons. The summed E-state index contributed by atoms with van der Waals surface area (Å²) in [6.45, 7) is 1.62. The van der Waals surface area contributed by atoms with Crippen molar-refractivity contribution in [1.82, 2.24) is 0 Å². The van der Waals surface area contributed by atoms with Crippen molar-refractivity contribution >= 4 is 5.97 Å². The lowest BCUT2D eigenvalue weighted by Crippen LogP contribution is -2.08. The number of halogens is 3. The lowest BCUT2D eigenvalue weighted by Gasteiger charge is -2.16. The Labute approximate surface area is 102 Å². The van der Waals surface area contributed by atoms with Crippen LogP contribution in [0.25, 0.3) is 0 Å². The number of alkyl halides is 3. The van der Waals surface area contributed by atoms with Crippen molar-refractivity contribution in [3.63, 3.8) is 0 Å². The topological polar surface area (TPSA) is 46.5 Å². The molecule has 3 nitrogen and oxygen atoms in total. The van der Waals surface area contributed by atoms with Crippen LogP contribution in [-0.4, -0.2) is 18.2 Å². The molecule has 1 N–H and O–H groups in total. The molecular weight excluding hydrogens is 249 g/mol. The van der Waals surface area contributed by atoms with Gasteiger partial charge >= 0.3 is 12.1 Å². The minimum absolute atomic E-state index is 0.0542. The zero-order valence-electron chi connectivity index (χ0n) is 9.91. The largest absolute Gasteiger partial charge is 0.496 e. The van der Waals surface area contributed by atoms with Crippen LogP contribution in [-0.2, 0) is 11.0 Å². The van der Waals surface area contributed by atoms with E-state index >= 15 is 0 Å². The van der Waals surface area contributed by atoms with E-state index < -0.39 is 23.6 Å². The number of carboxylic acid groups (broad SMARTS) is 1. The van der Waals surface area contributed by atoms with Gasteiger partial charge in [-0.25, -0.2) is 0 Å². The molecule has 0 aliphatic heterocycles. The molecule has 0 bridgehead atoms. The van der Waals surface area contributed by atoms with E-state index in [9.17, 15) is 18.0 Å². The zero-order chi connectivity index (χ0) is 13.9. The summed E-state index contributed by atoms with van der Waals surface area (Å²) in [6, 6.07) is 3.07. The van der Waals surface area contributed by atoms with Gasteiger partial charge in [0.25, 0.3) is 0 Å². The average molecular weight is 262 g/mol. The maximum atomic E-state index is 12.5. The van der Waals surface area contributed by atoms with Gasteiger partial charge in [-0.2, -0.15) is 13.2 Å². The summed E-state index contributed by atoms with van der Waals surface area (Å²) in [5, 5.41) is 8.67. The minimum Gasteiger partial charge on any atom is -0.496 e. The molecule has 0 fully saturated rings. The van der Waals surface area contributed by atoms with E-state index in [0.29, 0.717) is 5.56 Å². The summed E-state index contributed by atoms with van der Waals surface area (Å²) in [5.74, 6) is -1.37. The molecule has 6 heteroatoms. The first-order valence-corrected chi connectivity index (χ1v) is 5.22. The third-order valence-corrected chi connectivity index (χ3v) is 2.57. The number of benzene rings is 1. The summed E-state index contributed by atoms with van der Waals surface area (Å²) in [6.07, 6.45) is -4.61. The second-order valence-corrected chi connectivity index (χ2v) is 3.95. The van der Waals surface area contributed by atoms with E-state index in [1.54, 1.807) is 6.92 Å². The highest BCUT2D eigenvalue weighted by molar-refractivity contribution is 5.68. The summed E-state index contributed by atoms with van der Waals surface area (Å²) in [7, 11) is 1.26. The second-order valence-electron chi connectivity index (χ2n) is 3.95. The van der Waals surface area contributed by atoms with E-state index in [4.69, 9.17) is 9.84 Å². The Morgan fingerprint density at radius 1 is 1.44 bits per heavy atom. The Bertz CT molecular complexity index is 441. The van der Waals surface area contributed by atoms with Gasteiger partial charge in [0.1, 0.15) is 5.75 Å². The van der Waals surface area contributed by atoms with Crippen LogP contribution in [0.2, 0.25) is 0 Å². The van der Waals surface area contributed by atoms with E-state index in [2.05, 4.69) is 0 Å². The van der Waals surface area contributed by atoms with Crippen molar-refractivity contribution in [2.24, 2.45) is 0 Å². The van der Waals surface area contributed by atoms with E-state index in [1.165, 1.54) is 13.2 Å². The normalized spacial score (nSPS) is 13.2. The molecule has 1 unspecified atom stereocenters.